The van der Waals surface area contributed by atoms with Gasteiger partial charge in [0.1, 0.15) is 0 Å². The molecular weight excluding hydrogens is 128 g/mol. The summed E-state index contributed by atoms with van der Waals surface area (Å²) in [7, 11) is 0. The second kappa shape index (κ2) is 3.23. The van der Waals surface area contributed by atoms with Crippen LogP contribution >= 0.6 is 0 Å². The third-order valence-corrected chi connectivity index (χ3v) is 1.36. The molecule has 54 valence electrons. The summed E-state index contributed by atoms with van der Waals surface area (Å²) in [4.78, 5) is 10.7. The number of carbonyl (C=O) groups is 1. The van der Waals surface area contributed by atoms with Crippen molar-refractivity contribution in [1.29, 1.82) is 0 Å². The molecule has 10 heavy (non-hydrogen) atoms. The van der Waals surface area contributed by atoms with Gasteiger partial charge >= 0.3 is 0 Å². The van der Waals surface area contributed by atoms with Crippen molar-refractivity contribution in [3.8, 4) is 11.8 Å². The monoisotopic (exact) mass is 138 g/mol. The molecule has 1 saturated heterocycles. The highest BCUT2D eigenvalue weighted by molar-refractivity contribution is 5.93. The standard InChI is InChI=1S/C7H10N2O/c1-2-3-7(10)9-6-4-8-5-6/h6,8H,4-5H2,1H3,(H,9,10). The lowest BCUT2D eigenvalue weighted by Gasteiger charge is -2.26. The van der Waals surface area contributed by atoms with Gasteiger partial charge in [0, 0.05) is 13.1 Å². The van der Waals surface area contributed by atoms with Gasteiger partial charge in [0.25, 0.3) is 5.91 Å². The molecule has 1 amide bonds. The molecule has 1 aliphatic heterocycles. The fourth-order valence-corrected chi connectivity index (χ4v) is 0.726. The number of carbonyl (C=O) groups excluding carboxylic acids is 1. The average molecular weight is 138 g/mol. The van der Waals surface area contributed by atoms with Crippen LogP contribution in [-0.4, -0.2) is 25.0 Å². The largest absolute Gasteiger partial charge is 0.340 e. The average Bonchev–Trinajstić information content (AvgIpc) is 1.80. The van der Waals surface area contributed by atoms with E-state index in [0.717, 1.165) is 13.1 Å². The van der Waals surface area contributed by atoms with E-state index >= 15 is 0 Å². The normalized spacial score (nSPS) is 16.5. The summed E-state index contributed by atoms with van der Waals surface area (Å²) >= 11 is 0. The van der Waals surface area contributed by atoms with Gasteiger partial charge in [-0.15, -0.1) is 0 Å². The van der Waals surface area contributed by atoms with Gasteiger partial charge in [-0.1, -0.05) is 5.92 Å². The van der Waals surface area contributed by atoms with Gasteiger partial charge < -0.3 is 10.6 Å². The van der Waals surface area contributed by atoms with Gasteiger partial charge in [-0.2, -0.15) is 0 Å². The zero-order chi connectivity index (χ0) is 7.40. The molecule has 1 heterocycles. The summed E-state index contributed by atoms with van der Waals surface area (Å²) in [6.07, 6.45) is 0. The lowest BCUT2D eigenvalue weighted by Crippen LogP contribution is -2.56. The molecule has 0 radical (unpaired) electrons. The molecule has 0 aromatic carbocycles. The van der Waals surface area contributed by atoms with E-state index in [2.05, 4.69) is 22.5 Å². The van der Waals surface area contributed by atoms with Crippen molar-refractivity contribution < 1.29 is 4.79 Å². The summed E-state index contributed by atoms with van der Waals surface area (Å²) in [5.41, 5.74) is 0. The van der Waals surface area contributed by atoms with Crippen LogP contribution in [0, 0.1) is 11.8 Å². The number of rotatable bonds is 1. The molecule has 0 atom stereocenters. The number of amides is 1. The molecule has 0 aliphatic carbocycles. The van der Waals surface area contributed by atoms with E-state index in [4.69, 9.17) is 0 Å². The van der Waals surface area contributed by atoms with E-state index in [9.17, 15) is 4.79 Å². The summed E-state index contributed by atoms with van der Waals surface area (Å²) in [5.74, 6) is 4.78. The molecule has 3 nitrogen and oxygen atoms in total. The first-order valence-electron chi connectivity index (χ1n) is 3.27. The predicted octanol–water partition coefficient (Wildman–Crippen LogP) is -0.902. The number of hydrogen-bond donors (Lipinski definition) is 2. The predicted molar refractivity (Wildman–Crippen MR) is 38.3 cm³/mol. The van der Waals surface area contributed by atoms with Gasteiger partial charge in [0.15, 0.2) is 0 Å². The van der Waals surface area contributed by atoms with E-state index in [1.54, 1.807) is 6.92 Å². The van der Waals surface area contributed by atoms with Crippen LogP contribution in [0.15, 0.2) is 0 Å². The second-order valence-electron chi connectivity index (χ2n) is 2.20. The molecule has 1 aliphatic rings. The maximum atomic E-state index is 10.7. The highest BCUT2D eigenvalue weighted by atomic mass is 16.1. The van der Waals surface area contributed by atoms with E-state index in [-0.39, 0.29) is 5.91 Å². The maximum absolute atomic E-state index is 10.7. The Balaban J connectivity index is 2.21. The lowest BCUT2D eigenvalue weighted by molar-refractivity contribution is -0.116. The Kier molecular flexibility index (Phi) is 2.30. The van der Waals surface area contributed by atoms with Gasteiger partial charge in [-0.3, -0.25) is 4.79 Å². The van der Waals surface area contributed by atoms with Crippen LogP contribution in [-0.2, 0) is 4.79 Å². The molecule has 0 unspecified atom stereocenters. The number of nitrogens with one attached hydrogen (secondary N) is 2. The van der Waals surface area contributed by atoms with Gasteiger partial charge in [-0.05, 0) is 12.8 Å². The molecule has 2 N–H and O–H groups in total. The fourth-order valence-electron chi connectivity index (χ4n) is 0.726. The minimum atomic E-state index is -0.172. The van der Waals surface area contributed by atoms with Crippen molar-refractivity contribution in [1.82, 2.24) is 10.6 Å². The molecule has 0 aromatic heterocycles. The van der Waals surface area contributed by atoms with E-state index in [0.29, 0.717) is 6.04 Å². The van der Waals surface area contributed by atoms with Crippen molar-refractivity contribution in [2.45, 2.75) is 13.0 Å². The fraction of sp³-hybridized carbons (Fsp3) is 0.571. The lowest BCUT2D eigenvalue weighted by atomic mass is 10.2. The van der Waals surface area contributed by atoms with Crippen LogP contribution in [0.2, 0.25) is 0 Å². The maximum Gasteiger partial charge on any atom is 0.296 e. The highest BCUT2D eigenvalue weighted by Gasteiger charge is 2.17. The smallest absolute Gasteiger partial charge is 0.296 e. The van der Waals surface area contributed by atoms with Crippen LogP contribution in [0.3, 0.4) is 0 Å². The molecule has 3 heteroatoms. The van der Waals surface area contributed by atoms with Crippen LogP contribution < -0.4 is 10.6 Å². The third-order valence-electron chi connectivity index (χ3n) is 1.36. The van der Waals surface area contributed by atoms with Gasteiger partial charge in [0.05, 0.1) is 6.04 Å². The first-order chi connectivity index (χ1) is 4.83. The number of hydrogen-bond acceptors (Lipinski definition) is 2. The zero-order valence-electron chi connectivity index (χ0n) is 5.90. The Morgan fingerprint density at radius 1 is 1.70 bits per heavy atom. The quantitative estimate of drug-likeness (QED) is 0.461. The van der Waals surface area contributed by atoms with Crippen molar-refractivity contribution >= 4 is 5.91 Å². The Bertz CT molecular complexity index is 186. The minimum absolute atomic E-state index is 0.172. The molecule has 0 aromatic rings. The van der Waals surface area contributed by atoms with Crippen molar-refractivity contribution in [2.75, 3.05) is 13.1 Å². The molecule has 0 spiro atoms. The van der Waals surface area contributed by atoms with Gasteiger partial charge in [-0.25, -0.2) is 0 Å². The van der Waals surface area contributed by atoms with Crippen molar-refractivity contribution in [3.63, 3.8) is 0 Å². The van der Waals surface area contributed by atoms with E-state index in [1.165, 1.54) is 0 Å². The molecule has 1 fully saturated rings. The summed E-state index contributed by atoms with van der Waals surface area (Å²) < 4.78 is 0. The van der Waals surface area contributed by atoms with Crippen LogP contribution in [0.5, 0.6) is 0 Å². The van der Waals surface area contributed by atoms with E-state index < -0.39 is 0 Å². The van der Waals surface area contributed by atoms with Gasteiger partial charge in [0.2, 0.25) is 0 Å². The van der Waals surface area contributed by atoms with Crippen LogP contribution in [0.1, 0.15) is 6.92 Å². The van der Waals surface area contributed by atoms with Crippen molar-refractivity contribution in [2.24, 2.45) is 0 Å². The minimum Gasteiger partial charge on any atom is -0.340 e. The molecule has 0 saturated carbocycles. The second-order valence-corrected chi connectivity index (χ2v) is 2.20. The summed E-state index contributed by atoms with van der Waals surface area (Å²) in [6.45, 7) is 3.40. The molecular formula is C7H10N2O. The Morgan fingerprint density at radius 3 is 2.80 bits per heavy atom. The van der Waals surface area contributed by atoms with Crippen LogP contribution in [0.4, 0.5) is 0 Å². The topological polar surface area (TPSA) is 41.1 Å². The van der Waals surface area contributed by atoms with Crippen LogP contribution in [0.25, 0.3) is 0 Å². The summed E-state index contributed by atoms with van der Waals surface area (Å²) in [6, 6.07) is 0.299. The molecule has 0 bridgehead atoms. The first-order valence-corrected chi connectivity index (χ1v) is 3.27. The Morgan fingerprint density at radius 2 is 2.40 bits per heavy atom. The Hall–Kier alpha value is -1.01. The summed E-state index contributed by atoms with van der Waals surface area (Å²) in [5, 5.41) is 5.79. The highest BCUT2D eigenvalue weighted by Crippen LogP contribution is 1.88. The van der Waals surface area contributed by atoms with E-state index in [1.807, 2.05) is 0 Å². The van der Waals surface area contributed by atoms with Crippen molar-refractivity contribution in [3.05, 3.63) is 0 Å². The SMILES string of the molecule is CC#CC(=O)NC1CNC1. The zero-order valence-corrected chi connectivity index (χ0v) is 5.90. The Labute approximate surface area is 60.2 Å². The third kappa shape index (κ3) is 1.74. The first kappa shape index (κ1) is 7.10. The molecule has 1 rings (SSSR count).